The van der Waals surface area contributed by atoms with E-state index in [1.54, 1.807) is 0 Å². The highest BCUT2D eigenvalue weighted by Crippen LogP contribution is 2.48. The number of ketones is 1. The highest BCUT2D eigenvalue weighted by Gasteiger charge is 2.46. The minimum Gasteiger partial charge on any atom is -0.307 e. The van der Waals surface area contributed by atoms with Gasteiger partial charge in [-0.05, 0) is 166 Å². The average molecular weight is 621 g/mol. The van der Waals surface area contributed by atoms with Crippen LogP contribution in [0.15, 0.2) is 18.2 Å². The van der Waals surface area contributed by atoms with Gasteiger partial charge in [0, 0.05) is 28.6 Å². The molecule has 0 saturated carbocycles. The Balaban J connectivity index is 2.13. The molecule has 2 aliphatic heterocycles. The second-order valence-electron chi connectivity index (χ2n) is 19.4. The van der Waals surface area contributed by atoms with E-state index in [9.17, 15) is 0 Å². The van der Waals surface area contributed by atoms with Gasteiger partial charge in [-0.2, -0.15) is 0 Å². The van der Waals surface area contributed by atoms with Crippen LogP contribution in [0.5, 0.6) is 0 Å². The predicted octanol–water partition coefficient (Wildman–Crippen LogP) is 10.6. The molecule has 0 radical (unpaired) electrons. The molecule has 3 rings (SSSR count). The first-order valence-electron chi connectivity index (χ1n) is 18.2. The largest absolute Gasteiger partial charge is 0.307 e. The third-order valence-electron chi connectivity index (χ3n) is 11.3. The van der Waals surface area contributed by atoms with Gasteiger partial charge >= 0.3 is 0 Å². The fraction of sp³-hybridized carbons (Fsp3) is 0.786. The highest BCUT2D eigenvalue weighted by molar-refractivity contribution is 5.88. The van der Waals surface area contributed by atoms with Crippen molar-refractivity contribution in [3.63, 3.8) is 0 Å². The molecule has 3 nitrogen and oxygen atoms in total. The number of hydrogen-bond donors (Lipinski definition) is 2. The summed E-state index contributed by atoms with van der Waals surface area (Å²) in [5, 5.41) is 7.72. The fourth-order valence-corrected chi connectivity index (χ4v) is 10.2. The quantitative estimate of drug-likeness (QED) is 0.242. The van der Waals surface area contributed by atoms with Gasteiger partial charge in [0.15, 0.2) is 0 Å². The number of benzene rings is 1. The molecule has 0 aliphatic carbocycles. The summed E-state index contributed by atoms with van der Waals surface area (Å²) >= 11 is 0. The number of unbranched alkanes of at least 4 members (excludes halogenated alkanes) is 1. The Kier molecular flexibility index (Phi) is 11.2. The van der Waals surface area contributed by atoms with Gasteiger partial charge in [0.25, 0.3) is 0 Å². The third-order valence-corrected chi connectivity index (χ3v) is 11.3. The first-order chi connectivity index (χ1) is 20.3. The number of allylic oxidation sites excluding steroid dienone is 1. The molecule has 1 aromatic carbocycles. The van der Waals surface area contributed by atoms with Gasteiger partial charge in [0.05, 0.1) is 5.41 Å². The molecular formula is C42H72N2O. The molecule has 1 aromatic rings. The van der Waals surface area contributed by atoms with Gasteiger partial charge in [-0.15, -0.1) is 0 Å². The standard InChI is InChI=1S/C42H72N2O/c1-17-18-19-42(29(3)21-32-23-38(9,10)43-39(11,12)24-32,36(45)22-33-25-40(13,14)44-41(15,16)26-33)27-34-28(2)20-35(37(6,7)8)31(5)30(34)4/h20,32-33,43-44H,3,17-19,21-27H2,1-2,4-16H3. The molecule has 0 amide bonds. The van der Waals surface area contributed by atoms with E-state index in [1.165, 1.54) is 33.4 Å². The van der Waals surface area contributed by atoms with Crippen LogP contribution in [0.3, 0.4) is 0 Å². The zero-order valence-corrected chi connectivity index (χ0v) is 32.4. The zero-order chi connectivity index (χ0) is 34.4. The van der Waals surface area contributed by atoms with Crippen molar-refractivity contribution in [3.8, 4) is 0 Å². The fourth-order valence-electron chi connectivity index (χ4n) is 10.2. The van der Waals surface area contributed by atoms with Crippen LogP contribution in [-0.2, 0) is 16.6 Å². The number of carbonyl (C=O) groups excluding carboxylic acids is 1. The van der Waals surface area contributed by atoms with E-state index in [-0.39, 0.29) is 27.6 Å². The number of carbonyl (C=O) groups is 1. The van der Waals surface area contributed by atoms with Crippen molar-refractivity contribution in [2.75, 3.05) is 0 Å². The normalized spacial score (nSPS) is 23.0. The molecule has 2 aliphatic rings. The van der Waals surface area contributed by atoms with Crippen molar-refractivity contribution >= 4 is 5.78 Å². The SMILES string of the molecule is C=C(CC1CC(C)(C)NC(C)(C)C1)C(CCCC)(Cc1c(C)cc(C(C)(C)C)c(C)c1C)C(=O)CC1CC(C)(C)NC(C)(C)C1. The van der Waals surface area contributed by atoms with E-state index in [1.807, 2.05) is 0 Å². The maximum absolute atomic E-state index is 15.2. The lowest BCUT2D eigenvalue weighted by molar-refractivity contribution is -0.129. The first-order valence-corrected chi connectivity index (χ1v) is 18.2. The topological polar surface area (TPSA) is 41.1 Å². The summed E-state index contributed by atoms with van der Waals surface area (Å²) in [6, 6.07) is 2.42. The van der Waals surface area contributed by atoms with Gasteiger partial charge in [0.1, 0.15) is 5.78 Å². The van der Waals surface area contributed by atoms with Crippen LogP contribution in [0.1, 0.15) is 169 Å². The number of piperidine rings is 2. The second-order valence-corrected chi connectivity index (χ2v) is 19.4. The first kappa shape index (κ1) is 38.0. The molecule has 1 unspecified atom stereocenters. The molecule has 2 heterocycles. The Bertz CT molecular complexity index is 1150. The summed E-state index contributed by atoms with van der Waals surface area (Å²) in [7, 11) is 0. The van der Waals surface area contributed by atoms with Gasteiger partial charge in [-0.25, -0.2) is 0 Å². The highest BCUT2D eigenvalue weighted by atomic mass is 16.1. The van der Waals surface area contributed by atoms with E-state index in [2.05, 4.69) is 121 Å². The Morgan fingerprint density at radius 3 is 1.67 bits per heavy atom. The van der Waals surface area contributed by atoms with E-state index in [0.717, 1.165) is 57.8 Å². The van der Waals surface area contributed by atoms with Crippen LogP contribution in [0, 0.1) is 38.0 Å². The molecule has 0 spiro atoms. The lowest BCUT2D eigenvalue weighted by Crippen LogP contribution is -2.58. The number of hydrogen-bond acceptors (Lipinski definition) is 3. The number of nitrogens with one attached hydrogen (secondary N) is 2. The monoisotopic (exact) mass is 621 g/mol. The van der Waals surface area contributed by atoms with Crippen LogP contribution in [0.2, 0.25) is 0 Å². The molecule has 2 N–H and O–H groups in total. The van der Waals surface area contributed by atoms with Crippen LogP contribution in [0.4, 0.5) is 0 Å². The van der Waals surface area contributed by atoms with Gasteiger partial charge in [-0.1, -0.05) is 58.8 Å². The zero-order valence-electron chi connectivity index (χ0n) is 32.4. The summed E-state index contributed by atoms with van der Waals surface area (Å²) in [5.74, 6) is 1.34. The maximum atomic E-state index is 15.2. The summed E-state index contributed by atoms with van der Waals surface area (Å²) in [6.45, 7) is 39.6. The number of aryl methyl sites for hydroxylation is 1. The average Bonchev–Trinajstić information content (AvgIpc) is 2.81. The molecular weight excluding hydrogens is 548 g/mol. The Labute approximate surface area is 279 Å². The third kappa shape index (κ3) is 9.34. The summed E-state index contributed by atoms with van der Waals surface area (Å²) in [6.07, 6.45) is 9.70. The molecule has 2 fully saturated rings. The number of Topliss-reactive ketones (excluding diaryl/α,β-unsaturated/α-hetero) is 1. The van der Waals surface area contributed by atoms with Gasteiger partial charge in [-0.3, -0.25) is 4.79 Å². The van der Waals surface area contributed by atoms with Crippen LogP contribution < -0.4 is 10.6 Å². The van der Waals surface area contributed by atoms with Gasteiger partial charge < -0.3 is 10.6 Å². The maximum Gasteiger partial charge on any atom is 0.143 e. The lowest BCUT2D eigenvalue weighted by atomic mass is 9.62. The Hall–Kier alpha value is -1.45. The van der Waals surface area contributed by atoms with E-state index >= 15 is 4.79 Å². The number of rotatable bonds is 11. The van der Waals surface area contributed by atoms with Crippen LogP contribution in [0.25, 0.3) is 0 Å². The van der Waals surface area contributed by atoms with Gasteiger partial charge in [0.2, 0.25) is 0 Å². The molecule has 3 heteroatoms. The van der Waals surface area contributed by atoms with Crippen molar-refractivity contribution in [2.24, 2.45) is 17.3 Å². The minimum atomic E-state index is -0.542. The van der Waals surface area contributed by atoms with Crippen molar-refractivity contribution in [1.82, 2.24) is 10.6 Å². The molecule has 256 valence electrons. The van der Waals surface area contributed by atoms with Crippen molar-refractivity contribution < 1.29 is 4.79 Å². The van der Waals surface area contributed by atoms with E-state index < -0.39 is 5.41 Å². The van der Waals surface area contributed by atoms with Crippen LogP contribution in [-0.4, -0.2) is 27.9 Å². The summed E-state index contributed by atoms with van der Waals surface area (Å²) < 4.78 is 0. The van der Waals surface area contributed by atoms with Crippen LogP contribution >= 0.6 is 0 Å². The molecule has 45 heavy (non-hydrogen) atoms. The molecule has 0 bridgehead atoms. The second kappa shape index (κ2) is 13.2. The molecule has 0 aromatic heterocycles. The Morgan fingerprint density at radius 2 is 1.24 bits per heavy atom. The summed E-state index contributed by atoms with van der Waals surface area (Å²) in [5.41, 5.74) is 7.81. The van der Waals surface area contributed by atoms with Crippen molar-refractivity contribution in [2.45, 2.75) is 196 Å². The van der Waals surface area contributed by atoms with E-state index in [0.29, 0.717) is 24.0 Å². The smallest absolute Gasteiger partial charge is 0.143 e. The van der Waals surface area contributed by atoms with Crippen molar-refractivity contribution in [1.29, 1.82) is 0 Å². The Morgan fingerprint density at radius 1 is 0.800 bits per heavy atom. The predicted molar refractivity (Wildman–Crippen MR) is 196 cm³/mol. The minimum absolute atomic E-state index is 0.0229. The lowest BCUT2D eigenvalue weighted by Gasteiger charge is -2.48. The summed E-state index contributed by atoms with van der Waals surface area (Å²) in [4.78, 5) is 15.2. The molecule has 1 atom stereocenters. The van der Waals surface area contributed by atoms with Crippen molar-refractivity contribution in [3.05, 3.63) is 46.0 Å². The molecule has 2 saturated heterocycles. The van der Waals surface area contributed by atoms with E-state index in [4.69, 9.17) is 6.58 Å².